The average molecular weight is 666 g/mol. The highest BCUT2D eigenvalue weighted by atomic mass is 127. The molecule has 170 valence electrons. The molecule has 0 atom stereocenters. The molecule has 0 saturated heterocycles. The zero-order valence-corrected chi connectivity index (χ0v) is 22.5. The Morgan fingerprint density at radius 1 is 0.939 bits per heavy atom. The van der Waals surface area contributed by atoms with Gasteiger partial charge in [0.2, 0.25) is 0 Å². The minimum absolute atomic E-state index is 0.163. The lowest BCUT2D eigenvalue weighted by Gasteiger charge is -2.07. The van der Waals surface area contributed by atoms with Crippen molar-refractivity contribution in [2.75, 3.05) is 0 Å². The number of carbonyl (C=O) groups is 1. The molecule has 6 heteroatoms. The highest BCUT2D eigenvalue weighted by molar-refractivity contribution is 14.1. The Hall–Kier alpha value is -2.07. The molecule has 0 saturated carbocycles. The summed E-state index contributed by atoms with van der Waals surface area (Å²) < 4.78 is 7.38. The van der Waals surface area contributed by atoms with E-state index < -0.39 is 0 Å². The Labute approximate surface area is 220 Å². The van der Waals surface area contributed by atoms with Gasteiger partial charge in [-0.2, -0.15) is 0 Å². The summed E-state index contributed by atoms with van der Waals surface area (Å²) in [6.07, 6.45) is 4.02. The Morgan fingerprint density at radius 3 is 2.30 bits per heavy atom. The number of carbonyl (C=O) groups excluding carboxylic acids is 1. The van der Waals surface area contributed by atoms with E-state index >= 15 is 0 Å². The first kappa shape index (κ1) is 24.1. The monoisotopic (exact) mass is 666 g/mol. The van der Waals surface area contributed by atoms with Crippen LogP contribution in [0.15, 0.2) is 59.0 Å². The third-order valence-corrected chi connectivity index (χ3v) is 7.34. The number of benzene rings is 3. The van der Waals surface area contributed by atoms with Gasteiger partial charge in [0.1, 0.15) is 22.8 Å². The van der Waals surface area contributed by atoms with Gasteiger partial charge in [-0.05, 0) is 106 Å². The van der Waals surface area contributed by atoms with Crippen molar-refractivity contribution in [1.29, 1.82) is 0 Å². The molecule has 0 aliphatic carbocycles. The maximum absolute atomic E-state index is 13.5. The lowest BCUT2D eigenvalue weighted by molar-refractivity contribution is 0.103. The molecule has 33 heavy (non-hydrogen) atoms. The van der Waals surface area contributed by atoms with Crippen LogP contribution in [-0.4, -0.2) is 16.0 Å². The Balaban J connectivity index is 1.68. The fourth-order valence-corrected chi connectivity index (χ4v) is 5.81. The van der Waals surface area contributed by atoms with E-state index in [0.29, 0.717) is 41.4 Å². The van der Waals surface area contributed by atoms with Gasteiger partial charge in [0.25, 0.3) is 0 Å². The standard InChI is InChI=1S/C27H24I2O4/c1-2-7-23-25(26(31)18-12-20(28)27(32)21(29)13-18)19-15-22(30)17(14-24(19)33-23)11-6-10-16-8-4-3-5-9-16/h3-5,8-9,12-15,30,32H,2,6-7,10-11H2,1H3. The van der Waals surface area contributed by atoms with Crippen molar-refractivity contribution in [1.82, 2.24) is 0 Å². The number of phenolic OH excluding ortho intramolecular Hbond substituents is 2. The lowest BCUT2D eigenvalue weighted by atomic mass is 9.96. The molecule has 0 aliphatic rings. The number of furan rings is 1. The number of aryl methyl sites for hydroxylation is 3. The van der Waals surface area contributed by atoms with Crippen molar-refractivity contribution >= 4 is 61.9 Å². The van der Waals surface area contributed by atoms with Gasteiger partial charge in [-0.25, -0.2) is 0 Å². The highest BCUT2D eigenvalue weighted by Crippen LogP contribution is 2.36. The van der Waals surface area contributed by atoms with Gasteiger partial charge in [-0.1, -0.05) is 37.3 Å². The van der Waals surface area contributed by atoms with Crippen molar-refractivity contribution in [3.8, 4) is 11.5 Å². The van der Waals surface area contributed by atoms with Gasteiger partial charge >= 0.3 is 0 Å². The molecule has 4 rings (SSSR count). The van der Waals surface area contributed by atoms with E-state index in [0.717, 1.165) is 31.2 Å². The number of phenols is 2. The first-order chi connectivity index (χ1) is 15.9. The van der Waals surface area contributed by atoms with Crippen LogP contribution < -0.4 is 0 Å². The molecule has 4 nitrogen and oxygen atoms in total. The molecular weight excluding hydrogens is 642 g/mol. The third kappa shape index (κ3) is 5.21. The van der Waals surface area contributed by atoms with Crippen molar-refractivity contribution in [3.63, 3.8) is 0 Å². The van der Waals surface area contributed by atoms with E-state index in [2.05, 4.69) is 12.1 Å². The smallest absolute Gasteiger partial charge is 0.197 e. The minimum Gasteiger partial charge on any atom is -0.508 e. The summed E-state index contributed by atoms with van der Waals surface area (Å²) in [5.41, 5.74) is 3.70. The third-order valence-electron chi connectivity index (χ3n) is 5.70. The highest BCUT2D eigenvalue weighted by Gasteiger charge is 2.24. The van der Waals surface area contributed by atoms with Gasteiger partial charge in [0.15, 0.2) is 5.78 Å². The number of rotatable bonds is 8. The van der Waals surface area contributed by atoms with Crippen LogP contribution in [0.1, 0.15) is 52.6 Å². The molecule has 0 radical (unpaired) electrons. The molecule has 0 amide bonds. The Kier molecular flexibility index (Phi) is 7.63. The maximum Gasteiger partial charge on any atom is 0.197 e. The average Bonchev–Trinajstić information content (AvgIpc) is 3.14. The summed E-state index contributed by atoms with van der Waals surface area (Å²) in [7, 11) is 0. The summed E-state index contributed by atoms with van der Waals surface area (Å²) in [6, 6.07) is 17.2. The topological polar surface area (TPSA) is 70.7 Å². The summed E-state index contributed by atoms with van der Waals surface area (Å²) in [6.45, 7) is 2.04. The predicted octanol–water partition coefficient (Wildman–Crippen LogP) is 7.41. The normalized spacial score (nSPS) is 11.2. The van der Waals surface area contributed by atoms with Crippen molar-refractivity contribution in [3.05, 3.63) is 89.8 Å². The largest absolute Gasteiger partial charge is 0.508 e. The number of aromatic hydroxyl groups is 2. The molecule has 0 spiro atoms. The Morgan fingerprint density at radius 2 is 1.64 bits per heavy atom. The molecular formula is C27H24I2O4. The van der Waals surface area contributed by atoms with Crippen LogP contribution in [0, 0.1) is 7.14 Å². The van der Waals surface area contributed by atoms with E-state index in [4.69, 9.17) is 4.42 Å². The zero-order valence-electron chi connectivity index (χ0n) is 18.2. The molecule has 3 aromatic carbocycles. The Bertz CT molecular complexity index is 1290. The summed E-state index contributed by atoms with van der Waals surface area (Å²) >= 11 is 4.05. The van der Waals surface area contributed by atoms with Gasteiger partial charge < -0.3 is 14.6 Å². The molecule has 1 heterocycles. The second kappa shape index (κ2) is 10.5. The molecule has 1 aromatic heterocycles. The van der Waals surface area contributed by atoms with Crippen LogP contribution in [0.3, 0.4) is 0 Å². The number of fused-ring (bicyclic) bond motifs is 1. The first-order valence-electron chi connectivity index (χ1n) is 10.9. The van der Waals surface area contributed by atoms with E-state index in [9.17, 15) is 15.0 Å². The van der Waals surface area contributed by atoms with E-state index in [-0.39, 0.29) is 17.3 Å². The van der Waals surface area contributed by atoms with Gasteiger partial charge in [0.05, 0.1) is 12.7 Å². The second-order valence-corrected chi connectivity index (χ2v) is 10.4. The molecule has 0 bridgehead atoms. The quantitative estimate of drug-likeness (QED) is 0.152. The number of hydrogen-bond acceptors (Lipinski definition) is 4. The first-order valence-corrected chi connectivity index (χ1v) is 13.1. The minimum atomic E-state index is -0.163. The van der Waals surface area contributed by atoms with Gasteiger partial charge in [-0.3, -0.25) is 4.79 Å². The van der Waals surface area contributed by atoms with Crippen LogP contribution >= 0.6 is 45.2 Å². The van der Waals surface area contributed by atoms with E-state index in [1.54, 1.807) is 18.2 Å². The summed E-state index contributed by atoms with van der Waals surface area (Å²) in [5, 5.41) is 21.5. The predicted molar refractivity (Wildman–Crippen MR) is 147 cm³/mol. The SMILES string of the molecule is CCCc1oc2cc(CCCc3ccccc3)c(O)cc2c1C(=O)c1cc(I)c(O)c(I)c1. The van der Waals surface area contributed by atoms with E-state index in [1.165, 1.54) is 5.56 Å². The fraction of sp³-hybridized carbons (Fsp3) is 0.222. The van der Waals surface area contributed by atoms with Crippen LogP contribution in [-0.2, 0) is 19.3 Å². The maximum atomic E-state index is 13.5. The van der Waals surface area contributed by atoms with Crippen molar-refractivity contribution < 1.29 is 19.4 Å². The molecule has 0 fully saturated rings. The van der Waals surface area contributed by atoms with Crippen LogP contribution in [0.5, 0.6) is 11.5 Å². The zero-order chi connectivity index (χ0) is 23.5. The van der Waals surface area contributed by atoms with Crippen molar-refractivity contribution in [2.45, 2.75) is 39.0 Å². The summed E-state index contributed by atoms with van der Waals surface area (Å²) in [5.74, 6) is 0.834. The molecule has 0 unspecified atom stereocenters. The fourth-order valence-electron chi connectivity index (χ4n) is 4.05. The number of ketones is 1. The van der Waals surface area contributed by atoms with Crippen LogP contribution in [0.2, 0.25) is 0 Å². The molecule has 4 aromatic rings. The summed E-state index contributed by atoms with van der Waals surface area (Å²) in [4.78, 5) is 13.5. The van der Waals surface area contributed by atoms with Crippen LogP contribution in [0.25, 0.3) is 11.0 Å². The number of hydrogen-bond donors (Lipinski definition) is 2. The molecule has 0 aliphatic heterocycles. The van der Waals surface area contributed by atoms with Crippen molar-refractivity contribution in [2.24, 2.45) is 0 Å². The van der Waals surface area contributed by atoms with Gasteiger partial charge in [-0.15, -0.1) is 0 Å². The van der Waals surface area contributed by atoms with Crippen LogP contribution in [0.4, 0.5) is 0 Å². The van der Waals surface area contributed by atoms with Gasteiger partial charge in [0, 0.05) is 17.4 Å². The second-order valence-electron chi connectivity index (χ2n) is 8.08. The lowest BCUT2D eigenvalue weighted by Crippen LogP contribution is -2.05. The number of halogens is 2. The van der Waals surface area contributed by atoms with E-state index in [1.807, 2.05) is 76.4 Å². The molecule has 2 N–H and O–H groups in total.